The van der Waals surface area contributed by atoms with Gasteiger partial charge in [0.25, 0.3) is 0 Å². The van der Waals surface area contributed by atoms with Gasteiger partial charge in [0, 0.05) is 5.53 Å². The van der Waals surface area contributed by atoms with E-state index in [1.165, 1.54) is 8.19 Å². The van der Waals surface area contributed by atoms with Crippen LogP contribution in [0, 0.1) is 0 Å². The third kappa shape index (κ3) is 0.718. The standard InChI is InChI=1S/C2H2OP2/c1-3-5-2-4-1/h1-2H. The maximum atomic E-state index is 4.72. The van der Waals surface area contributed by atoms with Crippen LogP contribution in [0.15, 0.2) is 15.7 Å². The maximum Gasteiger partial charge on any atom is 0.129 e. The summed E-state index contributed by atoms with van der Waals surface area (Å²) in [4.78, 5) is 0. The summed E-state index contributed by atoms with van der Waals surface area (Å²) in [6, 6.07) is 0. The van der Waals surface area contributed by atoms with Gasteiger partial charge in [0.1, 0.15) is 14.4 Å². The summed E-state index contributed by atoms with van der Waals surface area (Å²) in [5.74, 6) is 1.77. The molecule has 0 unspecified atom stereocenters. The summed E-state index contributed by atoms with van der Waals surface area (Å²) in [6.07, 6.45) is 0. The van der Waals surface area contributed by atoms with Gasteiger partial charge in [-0.3, -0.25) is 0 Å². The molecule has 0 N–H and O–H groups in total. The van der Waals surface area contributed by atoms with Gasteiger partial charge in [0.15, 0.2) is 0 Å². The highest BCUT2D eigenvalue weighted by molar-refractivity contribution is 7.41. The number of hydrogen-bond acceptors (Lipinski definition) is 1. The van der Waals surface area contributed by atoms with Gasteiger partial charge in [0.05, 0.1) is 0 Å². The topological polar surface area (TPSA) is 13.1 Å². The van der Waals surface area contributed by atoms with E-state index in [1.807, 2.05) is 5.53 Å². The molecule has 0 aromatic carbocycles. The lowest BCUT2D eigenvalue weighted by atomic mass is 11.8. The first-order valence-electron chi connectivity index (χ1n) is 1.19. The van der Waals surface area contributed by atoms with Crippen LogP contribution in [0.25, 0.3) is 0 Å². The molecule has 0 spiro atoms. The molecule has 1 rings (SSSR count). The zero-order valence-corrected chi connectivity index (χ0v) is 4.25. The van der Waals surface area contributed by atoms with Crippen molar-refractivity contribution in [3.05, 3.63) is 11.5 Å². The summed E-state index contributed by atoms with van der Waals surface area (Å²) in [5.41, 5.74) is 2.03. The predicted octanol–water partition coefficient (Wildman–Crippen LogP) is 2.44. The molecule has 1 aromatic heterocycles. The van der Waals surface area contributed by atoms with Gasteiger partial charge in [-0.15, -0.1) is 0 Å². The van der Waals surface area contributed by atoms with Crippen molar-refractivity contribution in [2.24, 2.45) is 0 Å². The summed E-state index contributed by atoms with van der Waals surface area (Å²) in [5, 5.41) is 0. The molecule has 0 saturated carbocycles. The second kappa shape index (κ2) is 1.55. The molecule has 3 heteroatoms. The predicted molar refractivity (Wildman–Crippen MR) is 23.7 cm³/mol. The molecule has 1 heterocycles. The molecule has 0 saturated heterocycles. The van der Waals surface area contributed by atoms with Crippen LogP contribution in [0.5, 0.6) is 0 Å². The van der Waals surface area contributed by atoms with E-state index in [9.17, 15) is 0 Å². The maximum absolute atomic E-state index is 4.72. The normalized spacial score (nSPS) is 11.2. The smallest absolute Gasteiger partial charge is 0.129 e. The zero-order valence-electron chi connectivity index (χ0n) is 2.46. The van der Waals surface area contributed by atoms with E-state index < -0.39 is 0 Å². The van der Waals surface area contributed by atoms with Crippen LogP contribution < -0.4 is 0 Å². The molecule has 26 valence electrons. The van der Waals surface area contributed by atoms with Crippen molar-refractivity contribution in [3.63, 3.8) is 0 Å². The molecular formula is C2H2OP2. The van der Waals surface area contributed by atoms with E-state index in [0.29, 0.717) is 0 Å². The Kier molecular flexibility index (Phi) is 1.03. The molecule has 0 bridgehead atoms. The van der Waals surface area contributed by atoms with Crippen molar-refractivity contribution in [3.8, 4) is 0 Å². The molecule has 0 amide bonds. The fourth-order valence-electron chi connectivity index (χ4n) is 0.136. The van der Waals surface area contributed by atoms with Crippen LogP contribution in [-0.2, 0) is 0 Å². The van der Waals surface area contributed by atoms with Crippen LogP contribution in [0.4, 0.5) is 0 Å². The van der Waals surface area contributed by atoms with Crippen LogP contribution in [0.3, 0.4) is 0 Å². The summed E-state index contributed by atoms with van der Waals surface area (Å²) in [6.45, 7) is 0. The van der Waals surface area contributed by atoms with Crippen LogP contribution in [0.2, 0.25) is 0 Å². The average molecular weight is 104 g/mol. The Morgan fingerprint density at radius 1 is 1.60 bits per heavy atom. The van der Waals surface area contributed by atoms with Gasteiger partial charge in [-0.2, -0.15) is 0 Å². The Balaban J connectivity index is 3.13. The van der Waals surface area contributed by atoms with Gasteiger partial charge in [-0.1, -0.05) is 0 Å². The van der Waals surface area contributed by atoms with Gasteiger partial charge in [0.2, 0.25) is 0 Å². The SMILES string of the molecule is c1opcp1. The number of hydrogen-bond donors (Lipinski definition) is 0. The minimum absolute atomic E-state index is 0.998. The second-order valence-corrected chi connectivity index (χ2v) is 2.44. The van der Waals surface area contributed by atoms with Gasteiger partial charge < -0.3 is 4.20 Å². The molecule has 0 fully saturated rings. The van der Waals surface area contributed by atoms with Crippen molar-refractivity contribution in [1.82, 2.24) is 0 Å². The highest BCUT2D eigenvalue weighted by Gasteiger charge is 1.62. The summed E-state index contributed by atoms with van der Waals surface area (Å²) < 4.78 is 4.72. The third-order valence-corrected chi connectivity index (χ3v) is 1.81. The molecule has 0 aliphatic rings. The van der Waals surface area contributed by atoms with Crippen LogP contribution in [-0.4, -0.2) is 0 Å². The Labute approximate surface area is 33.3 Å². The highest BCUT2D eigenvalue weighted by Crippen LogP contribution is 2.12. The third-order valence-electron chi connectivity index (χ3n) is 0.283. The molecule has 0 atom stereocenters. The van der Waals surface area contributed by atoms with E-state index in [4.69, 9.17) is 4.20 Å². The van der Waals surface area contributed by atoms with Gasteiger partial charge in [-0.05, 0) is 8.19 Å². The van der Waals surface area contributed by atoms with Crippen molar-refractivity contribution < 1.29 is 4.20 Å². The average Bonchev–Trinajstić information content (AvgIpc) is 1.76. The Hall–Kier alpha value is 0.140. The fraction of sp³-hybridized carbons (Fsp3) is 0. The van der Waals surface area contributed by atoms with E-state index in [2.05, 4.69) is 0 Å². The Morgan fingerprint density at radius 3 is 2.80 bits per heavy atom. The molecule has 5 heavy (non-hydrogen) atoms. The highest BCUT2D eigenvalue weighted by atomic mass is 31.1. The second-order valence-electron chi connectivity index (χ2n) is 0.581. The Morgan fingerprint density at radius 2 is 2.60 bits per heavy atom. The molecule has 0 aliphatic heterocycles. The molecule has 1 aromatic rings. The van der Waals surface area contributed by atoms with Crippen molar-refractivity contribution >= 4 is 16.6 Å². The number of rotatable bonds is 0. The minimum atomic E-state index is 0.998. The van der Waals surface area contributed by atoms with E-state index in [1.54, 1.807) is 5.99 Å². The molecule has 1 nitrogen and oxygen atoms in total. The van der Waals surface area contributed by atoms with Crippen molar-refractivity contribution in [1.29, 1.82) is 0 Å². The largest absolute Gasteiger partial charge is 0.442 e. The monoisotopic (exact) mass is 104 g/mol. The van der Waals surface area contributed by atoms with E-state index in [-0.39, 0.29) is 0 Å². The Bertz CT molecular complexity index is 64.1. The first kappa shape index (κ1) is 3.33. The van der Waals surface area contributed by atoms with Gasteiger partial charge >= 0.3 is 0 Å². The van der Waals surface area contributed by atoms with Crippen LogP contribution in [0.1, 0.15) is 0 Å². The lowest BCUT2D eigenvalue weighted by Gasteiger charge is -1.47. The van der Waals surface area contributed by atoms with Crippen LogP contribution >= 0.6 is 16.6 Å². The lowest BCUT2D eigenvalue weighted by molar-refractivity contribution is 0.708. The fourth-order valence-corrected chi connectivity index (χ4v) is 1.22. The molecule has 0 aliphatic carbocycles. The molecule has 0 radical (unpaired) electrons. The zero-order chi connectivity index (χ0) is 3.54. The minimum Gasteiger partial charge on any atom is -0.442 e. The quantitative estimate of drug-likeness (QED) is 0.492. The van der Waals surface area contributed by atoms with Crippen molar-refractivity contribution in [2.45, 2.75) is 0 Å². The first-order valence-corrected chi connectivity index (χ1v) is 3.11. The molecular weight excluding hydrogens is 102 g/mol. The van der Waals surface area contributed by atoms with E-state index in [0.717, 1.165) is 8.43 Å². The summed E-state index contributed by atoms with van der Waals surface area (Å²) >= 11 is 0. The summed E-state index contributed by atoms with van der Waals surface area (Å²) in [7, 11) is 2.21. The van der Waals surface area contributed by atoms with Crippen molar-refractivity contribution in [2.75, 3.05) is 0 Å². The van der Waals surface area contributed by atoms with E-state index >= 15 is 0 Å². The first-order chi connectivity index (χ1) is 2.50. The lowest BCUT2D eigenvalue weighted by Crippen LogP contribution is -1.01. The van der Waals surface area contributed by atoms with Gasteiger partial charge in [-0.25, -0.2) is 0 Å².